The van der Waals surface area contributed by atoms with Crippen LogP contribution in [0.5, 0.6) is 0 Å². The summed E-state index contributed by atoms with van der Waals surface area (Å²) in [6, 6.07) is 0. The first-order chi connectivity index (χ1) is 8.26. The number of hydrogen-bond acceptors (Lipinski definition) is 2. The Morgan fingerprint density at radius 2 is 2.06 bits per heavy atom. The van der Waals surface area contributed by atoms with Crippen molar-refractivity contribution in [3.05, 3.63) is 12.7 Å². The fourth-order valence-electron chi connectivity index (χ4n) is 2.01. The molecule has 1 aliphatic heterocycles. The van der Waals surface area contributed by atoms with Gasteiger partial charge in [-0.05, 0) is 31.8 Å². The molecule has 0 aromatic rings. The van der Waals surface area contributed by atoms with Crippen LogP contribution in [0.4, 0.5) is 0 Å². The van der Waals surface area contributed by atoms with Crippen LogP contribution in [0.3, 0.4) is 0 Å². The van der Waals surface area contributed by atoms with Crippen molar-refractivity contribution in [1.29, 1.82) is 0 Å². The fourth-order valence-corrected chi connectivity index (χ4v) is 2.01. The number of guanidine groups is 1. The zero-order valence-corrected chi connectivity index (χ0v) is 13.9. The van der Waals surface area contributed by atoms with E-state index in [0.29, 0.717) is 0 Å². The smallest absolute Gasteiger partial charge is 0.191 e. The molecular formula is C13H27IN4. The molecule has 0 bridgehead atoms. The first-order valence-corrected chi connectivity index (χ1v) is 6.54. The first kappa shape index (κ1) is 17.7. The first-order valence-electron chi connectivity index (χ1n) is 6.54. The summed E-state index contributed by atoms with van der Waals surface area (Å²) < 4.78 is 0. The lowest BCUT2D eigenvalue weighted by Gasteiger charge is -2.30. The van der Waals surface area contributed by atoms with Gasteiger partial charge in [0.15, 0.2) is 5.96 Å². The van der Waals surface area contributed by atoms with Gasteiger partial charge in [0.2, 0.25) is 0 Å². The molecule has 0 aliphatic carbocycles. The Bertz CT molecular complexity index is 247. The molecule has 0 radical (unpaired) electrons. The predicted molar refractivity (Wildman–Crippen MR) is 89.8 cm³/mol. The Morgan fingerprint density at radius 1 is 1.39 bits per heavy atom. The molecule has 0 aromatic carbocycles. The molecule has 0 aromatic heterocycles. The number of nitrogens with zero attached hydrogens (tertiary/aromatic N) is 2. The van der Waals surface area contributed by atoms with Crippen LogP contribution < -0.4 is 10.6 Å². The second kappa shape index (κ2) is 10.6. The van der Waals surface area contributed by atoms with Gasteiger partial charge in [-0.3, -0.25) is 4.99 Å². The Kier molecular flexibility index (Phi) is 10.4. The van der Waals surface area contributed by atoms with Gasteiger partial charge in [0, 0.05) is 26.7 Å². The minimum atomic E-state index is 0. The number of rotatable bonds is 5. The molecule has 0 amide bonds. The van der Waals surface area contributed by atoms with Gasteiger partial charge in [0.25, 0.3) is 0 Å². The normalized spacial score (nSPS) is 18.0. The third-order valence-electron chi connectivity index (χ3n) is 3.23. The standard InChI is InChI=1S/C13H26N4.HI/c1-4-7-15-13(14-3)16-8-11-17-9-5-12(2)6-10-17;/h4,12H,1,5-11H2,2-3H3,(H2,14,15,16);1H. The van der Waals surface area contributed by atoms with E-state index < -0.39 is 0 Å². The minimum Gasteiger partial charge on any atom is -0.355 e. The second-order valence-corrected chi connectivity index (χ2v) is 4.69. The summed E-state index contributed by atoms with van der Waals surface area (Å²) in [5.41, 5.74) is 0. The Labute approximate surface area is 128 Å². The van der Waals surface area contributed by atoms with Crippen molar-refractivity contribution in [2.24, 2.45) is 10.9 Å². The third kappa shape index (κ3) is 7.20. The van der Waals surface area contributed by atoms with Crippen molar-refractivity contribution in [3.63, 3.8) is 0 Å². The SMILES string of the molecule is C=CCNC(=NC)NCCN1CCC(C)CC1.I. The molecule has 4 nitrogen and oxygen atoms in total. The fraction of sp³-hybridized carbons (Fsp3) is 0.769. The predicted octanol–water partition coefficient (Wildman–Crippen LogP) is 1.69. The number of halogens is 1. The largest absolute Gasteiger partial charge is 0.355 e. The molecule has 0 unspecified atom stereocenters. The summed E-state index contributed by atoms with van der Waals surface area (Å²) in [4.78, 5) is 6.67. The molecule has 106 valence electrons. The number of likely N-dealkylation sites (tertiary alicyclic amines) is 1. The van der Waals surface area contributed by atoms with Gasteiger partial charge in [0.05, 0.1) is 0 Å². The maximum absolute atomic E-state index is 4.15. The lowest BCUT2D eigenvalue weighted by Crippen LogP contribution is -2.43. The van der Waals surface area contributed by atoms with Crippen molar-refractivity contribution in [2.45, 2.75) is 19.8 Å². The summed E-state index contributed by atoms with van der Waals surface area (Å²) in [5, 5.41) is 6.48. The third-order valence-corrected chi connectivity index (χ3v) is 3.23. The number of hydrogen-bond donors (Lipinski definition) is 2. The van der Waals surface area contributed by atoms with Gasteiger partial charge in [0.1, 0.15) is 0 Å². The number of piperidine rings is 1. The molecule has 5 heteroatoms. The van der Waals surface area contributed by atoms with Crippen LogP contribution in [0.15, 0.2) is 17.6 Å². The van der Waals surface area contributed by atoms with Crippen LogP contribution in [-0.2, 0) is 0 Å². The minimum absolute atomic E-state index is 0. The highest BCUT2D eigenvalue weighted by molar-refractivity contribution is 14.0. The quantitative estimate of drug-likeness (QED) is 0.337. The average Bonchev–Trinajstić information content (AvgIpc) is 2.36. The lowest BCUT2D eigenvalue weighted by atomic mass is 9.99. The van der Waals surface area contributed by atoms with E-state index in [-0.39, 0.29) is 24.0 Å². The molecule has 1 heterocycles. The molecule has 1 saturated heterocycles. The highest BCUT2D eigenvalue weighted by Crippen LogP contribution is 2.14. The van der Waals surface area contributed by atoms with E-state index in [1.54, 1.807) is 7.05 Å². The molecule has 2 N–H and O–H groups in total. The van der Waals surface area contributed by atoms with Crippen molar-refractivity contribution in [3.8, 4) is 0 Å². The van der Waals surface area contributed by atoms with Crippen LogP contribution in [0.1, 0.15) is 19.8 Å². The average molecular weight is 366 g/mol. The molecule has 1 fully saturated rings. The van der Waals surface area contributed by atoms with Gasteiger partial charge in [-0.25, -0.2) is 0 Å². The number of nitrogens with one attached hydrogen (secondary N) is 2. The molecule has 1 aliphatic rings. The van der Waals surface area contributed by atoms with E-state index in [1.165, 1.54) is 25.9 Å². The van der Waals surface area contributed by atoms with Crippen molar-refractivity contribution >= 4 is 29.9 Å². The van der Waals surface area contributed by atoms with Crippen LogP contribution in [0.25, 0.3) is 0 Å². The van der Waals surface area contributed by atoms with E-state index in [1.807, 2.05) is 6.08 Å². The van der Waals surface area contributed by atoms with Crippen LogP contribution in [0, 0.1) is 5.92 Å². The highest BCUT2D eigenvalue weighted by Gasteiger charge is 2.14. The molecule has 18 heavy (non-hydrogen) atoms. The monoisotopic (exact) mass is 366 g/mol. The van der Waals surface area contributed by atoms with Crippen molar-refractivity contribution in [2.75, 3.05) is 39.8 Å². The summed E-state index contributed by atoms with van der Waals surface area (Å²) in [6.45, 7) is 11.3. The Morgan fingerprint density at radius 3 is 2.61 bits per heavy atom. The van der Waals surface area contributed by atoms with Gasteiger partial charge >= 0.3 is 0 Å². The van der Waals surface area contributed by atoms with Crippen molar-refractivity contribution < 1.29 is 0 Å². The van der Waals surface area contributed by atoms with E-state index in [4.69, 9.17) is 0 Å². The molecule has 1 rings (SSSR count). The topological polar surface area (TPSA) is 39.7 Å². The summed E-state index contributed by atoms with van der Waals surface area (Å²) >= 11 is 0. The van der Waals surface area contributed by atoms with Crippen LogP contribution >= 0.6 is 24.0 Å². The van der Waals surface area contributed by atoms with E-state index in [0.717, 1.165) is 31.5 Å². The van der Waals surface area contributed by atoms with Crippen molar-refractivity contribution in [1.82, 2.24) is 15.5 Å². The number of aliphatic imine (C=N–C) groups is 1. The summed E-state index contributed by atoms with van der Waals surface area (Å²) in [5.74, 6) is 1.76. The van der Waals surface area contributed by atoms with Crippen LogP contribution in [-0.4, -0.2) is 50.6 Å². The van der Waals surface area contributed by atoms with E-state index in [2.05, 4.69) is 34.0 Å². The highest BCUT2D eigenvalue weighted by atomic mass is 127. The molecule has 0 atom stereocenters. The summed E-state index contributed by atoms with van der Waals surface area (Å²) in [7, 11) is 1.79. The van der Waals surface area contributed by atoms with Gasteiger partial charge in [-0.15, -0.1) is 30.6 Å². The Hall–Kier alpha value is -0.300. The zero-order valence-electron chi connectivity index (χ0n) is 11.6. The van der Waals surface area contributed by atoms with Gasteiger partial charge < -0.3 is 15.5 Å². The Balaban J connectivity index is 0.00000289. The van der Waals surface area contributed by atoms with E-state index in [9.17, 15) is 0 Å². The van der Waals surface area contributed by atoms with Crippen LogP contribution in [0.2, 0.25) is 0 Å². The van der Waals surface area contributed by atoms with E-state index >= 15 is 0 Å². The lowest BCUT2D eigenvalue weighted by molar-refractivity contribution is 0.195. The maximum atomic E-state index is 4.15. The molecular weight excluding hydrogens is 339 g/mol. The van der Waals surface area contributed by atoms with Gasteiger partial charge in [-0.1, -0.05) is 13.0 Å². The molecule has 0 saturated carbocycles. The summed E-state index contributed by atoms with van der Waals surface area (Å²) in [6.07, 6.45) is 4.51. The second-order valence-electron chi connectivity index (χ2n) is 4.69. The zero-order chi connectivity index (χ0) is 12.5. The van der Waals surface area contributed by atoms with Gasteiger partial charge in [-0.2, -0.15) is 0 Å². The molecule has 0 spiro atoms. The maximum Gasteiger partial charge on any atom is 0.191 e.